The van der Waals surface area contributed by atoms with Gasteiger partial charge < -0.3 is 4.52 Å². The second-order valence-electron chi connectivity index (χ2n) is 10.2. The Morgan fingerprint density at radius 2 is 1.92 bits per heavy atom. The van der Waals surface area contributed by atoms with Crippen molar-refractivity contribution in [3.05, 3.63) is 11.8 Å². The zero-order valence-electron chi connectivity index (χ0n) is 16.1. The highest BCUT2D eigenvalue weighted by Gasteiger charge is 2.57. The monoisotopic (exact) mass is 485 g/mol. The Morgan fingerprint density at radius 1 is 1.08 bits per heavy atom. The zero-order chi connectivity index (χ0) is 17.9. The number of nitrogens with zero attached hydrogens (tertiary/aromatic N) is 1. The van der Waals surface area contributed by atoms with Crippen molar-refractivity contribution in [1.29, 1.82) is 0 Å². The van der Waals surface area contributed by atoms with E-state index in [1.54, 1.807) is 8.93 Å². The molecular formula is C22H32INOS. The van der Waals surface area contributed by atoms with Crippen LogP contribution in [0.4, 0.5) is 0 Å². The van der Waals surface area contributed by atoms with Gasteiger partial charge >= 0.3 is 0 Å². The summed E-state index contributed by atoms with van der Waals surface area (Å²) < 4.78 is 5.54. The van der Waals surface area contributed by atoms with Gasteiger partial charge in [0.1, 0.15) is 0 Å². The van der Waals surface area contributed by atoms with Gasteiger partial charge in [-0.3, -0.25) is 0 Å². The lowest BCUT2D eigenvalue weighted by molar-refractivity contribution is -0.0599. The highest BCUT2D eigenvalue weighted by molar-refractivity contribution is 14.2. The van der Waals surface area contributed by atoms with E-state index in [4.69, 9.17) is 4.52 Å². The molecule has 1 heterocycles. The Morgan fingerprint density at radius 3 is 2.73 bits per heavy atom. The van der Waals surface area contributed by atoms with Gasteiger partial charge in [-0.15, -0.1) is 0 Å². The van der Waals surface area contributed by atoms with Gasteiger partial charge in [-0.05, 0) is 101 Å². The van der Waals surface area contributed by atoms with Crippen LogP contribution >= 0.6 is 30.1 Å². The van der Waals surface area contributed by atoms with E-state index in [-0.39, 0.29) is 0 Å². The molecule has 5 rings (SSSR count). The van der Waals surface area contributed by atoms with E-state index in [1.807, 2.05) is 0 Å². The Balaban J connectivity index is 1.38. The molecule has 0 aromatic carbocycles. The maximum atomic E-state index is 5.54. The summed E-state index contributed by atoms with van der Waals surface area (Å²) in [4.78, 5) is 0. The molecular weight excluding hydrogens is 453 g/mol. The summed E-state index contributed by atoms with van der Waals surface area (Å²) >= 11 is 2.30. The van der Waals surface area contributed by atoms with E-state index in [0.29, 0.717) is 11.3 Å². The Kier molecular flexibility index (Phi) is 4.91. The fourth-order valence-corrected chi connectivity index (χ4v) is 8.90. The highest BCUT2D eigenvalue weighted by atomic mass is 127. The Hall–Kier alpha value is 0.290. The van der Waals surface area contributed by atoms with E-state index < -0.39 is 0 Å². The third-order valence-corrected chi connectivity index (χ3v) is 10.8. The minimum absolute atomic E-state index is 0.458. The average molecular weight is 485 g/mol. The maximum Gasteiger partial charge on any atom is 0.203 e. The molecule has 0 aliphatic heterocycles. The summed E-state index contributed by atoms with van der Waals surface area (Å²) in [6.07, 6.45) is 13.2. The molecule has 4 saturated carbocycles. The second kappa shape index (κ2) is 6.96. The number of fused-ring (bicyclic) bond motifs is 5. The zero-order valence-corrected chi connectivity index (χ0v) is 19.1. The lowest BCUT2D eigenvalue weighted by atomic mass is 9.49. The lowest BCUT2D eigenvalue weighted by Crippen LogP contribution is -2.48. The first kappa shape index (κ1) is 18.3. The number of rotatable bonds is 2. The number of hydrogen-bond acceptors (Lipinski definition) is 3. The van der Waals surface area contributed by atoms with E-state index >= 15 is 0 Å². The summed E-state index contributed by atoms with van der Waals surface area (Å²) in [7, 11) is 1.65. The van der Waals surface area contributed by atoms with Crippen molar-refractivity contribution in [3.63, 3.8) is 0 Å². The molecule has 4 fully saturated rings. The Bertz CT molecular complexity index is 662. The SMILES string of the molecule is CC1CCC2C(CCC3C2CCC2(C)C(c4cc(SI)on4)CCC32)C1. The van der Waals surface area contributed by atoms with Gasteiger partial charge in [-0.1, -0.05) is 25.4 Å². The van der Waals surface area contributed by atoms with Crippen LogP contribution in [0.15, 0.2) is 15.7 Å². The van der Waals surface area contributed by atoms with E-state index in [0.717, 1.165) is 40.6 Å². The minimum Gasteiger partial charge on any atom is -0.349 e. The van der Waals surface area contributed by atoms with Crippen molar-refractivity contribution in [1.82, 2.24) is 5.16 Å². The van der Waals surface area contributed by atoms with Crippen molar-refractivity contribution in [2.75, 3.05) is 0 Å². The van der Waals surface area contributed by atoms with Crippen molar-refractivity contribution in [2.24, 2.45) is 40.9 Å². The predicted octanol–water partition coefficient (Wildman–Crippen LogP) is 7.49. The van der Waals surface area contributed by atoms with Crippen LogP contribution in [0.25, 0.3) is 0 Å². The molecule has 0 saturated heterocycles. The minimum atomic E-state index is 0.458. The highest BCUT2D eigenvalue weighted by Crippen LogP contribution is 2.66. The van der Waals surface area contributed by atoms with Gasteiger partial charge in [0.15, 0.2) is 0 Å². The summed E-state index contributed by atoms with van der Waals surface area (Å²) in [5, 5.41) is 5.45. The van der Waals surface area contributed by atoms with Crippen LogP contribution in [0.2, 0.25) is 0 Å². The third kappa shape index (κ3) is 2.83. The van der Waals surface area contributed by atoms with Gasteiger partial charge in [0, 0.05) is 33.2 Å². The van der Waals surface area contributed by atoms with Crippen molar-refractivity contribution in [3.8, 4) is 0 Å². The summed E-state index contributed by atoms with van der Waals surface area (Å²) in [5.74, 6) is 6.68. The number of hydrogen-bond donors (Lipinski definition) is 0. The van der Waals surface area contributed by atoms with E-state index in [9.17, 15) is 0 Å². The molecule has 0 spiro atoms. The molecule has 1 aromatic rings. The predicted molar refractivity (Wildman–Crippen MR) is 115 cm³/mol. The molecule has 26 heavy (non-hydrogen) atoms. The first-order valence-corrected chi connectivity index (χ1v) is 14.2. The molecule has 4 heteroatoms. The van der Waals surface area contributed by atoms with Gasteiger partial charge in [0.2, 0.25) is 5.09 Å². The van der Waals surface area contributed by atoms with Crippen LogP contribution in [0, 0.1) is 40.9 Å². The summed E-state index contributed by atoms with van der Waals surface area (Å²) in [6, 6.07) is 2.22. The molecule has 8 unspecified atom stereocenters. The molecule has 0 amide bonds. The van der Waals surface area contributed by atoms with Crippen molar-refractivity contribution < 1.29 is 4.52 Å². The summed E-state index contributed by atoms with van der Waals surface area (Å²) in [6.45, 7) is 5.09. The number of aromatic nitrogens is 1. The normalized spacial score (nSPS) is 47.9. The number of halogens is 1. The molecule has 0 N–H and O–H groups in total. The second-order valence-corrected chi connectivity index (χ2v) is 12.1. The van der Waals surface area contributed by atoms with Gasteiger partial charge in [0.05, 0.1) is 5.69 Å². The average Bonchev–Trinajstić information content (AvgIpc) is 3.24. The third-order valence-electron chi connectivity index (χ3n) is 9.16. The van der Waals surface area contributed by atoms with Gasteiger partial charge in [-0.2, -0.15) is 0 Å². The van der Waals surface area contributed by atoms with Crippen molar-refractivity contribution >= 4 is 30.1 Å². The molecule has 8 atom stereocenters. The molecule has 1 aromatic heterocycles. The van der Waals surface area contributed by atoms with Crippen LogP contribution in [0.1, 0.15) is 83.2 Å². The molecule has 0 bridgehead atoms. The summed E-state index contributed by atoms with van der Waals surface area (Å²) in [5.41, 5.74) is 1.70. The molecule has 4 aliphatic carbocycles. The van der Waals surface area contributed by atoms with Crippen LogP contribution < -0.4 is 0 Å². The van der Waals surface area contributed by atoms with Gasteiger partial charge in [-0.25, -0.2) is 0 Å². The van der Waals surface area contributed by atoms with Gasteiger partial charge in [0.25, 0.3) is 0 Å². The molecule has 0 radical (unpaired) electrons. The van der Waals surface area contributed by atoms with Crippen LogP contribution in [-0.2, 0) is 0 Å². The fraction of sp³-hybridized carbons (Fsp3) is 0.864. The van der Waals surface area contributed by atoms with Crippen LogP contribution in [-0.4, -0.2) is 5.16 Å². The first-order chi connectivity index (χ1) is 12.6. The van der Waals surface area contributed by atoms with E-state index in [2.05, 4.69) is 46.3 Å². The Labute approximate surface area is 174 Å². The standard InChI is InChI=1S/C22H32INOS/c1-13-3-5-15-14(11-13)4-6-17-16(15)9-10-22(2)18(17)7-8-19(22)20-12-21(26-23)25-24-20/h12-19H,3-11H2,1-2H3. The van der Waals surface area contributed by atoms with Crippen LogP contribution in [0.5, 0.6) is 0 Å². The maximum absolute atomic E-state index is 5.54. The molecule has 4 aliphatic rings. The fourth-order valence-electron chi connectivity index (χ4n) is 8.05. The quantitative estimate of drug-likeness (QED) is 0.406. The van der Waals surface area contributed by atoms with Crippen molar-refractivity contribution in [2.45, 2.75) is 82.6 Å². The van der Waals surface area contributed by atoms with Crippen LogP contribution in [0.3, 0.4) is 0 Å². The molecule has 144 valence electrons. The molecule has 2 nitrogen and oxygen atoms in total. The largest absolute Gasteiger partial charge is 0.349 e. The lowest BCUT2D eigenvalue weighted by Gasteiger charge is -2.56. The van der Waals surface area contributed by atoms with E-state index in [1.165, 1.54) is 63.5 Å². The first-order valence-electron chi connectivity index (χ1n) is 10.9. The smallest absolute Gasteiger partial charge is 0.203 e. The topological polar surface area (TPSA) is 26.0 Å².